The molecule has 6 nitrogen and oxygen atoms in total. The summed E-state index contributed by atoms with van der Waals surface area (Å²) in [6, 6.07) is 15.1. The van der Waals surface area contributed by atoms with Gasteiger partial charge in [-0.1, -0.05) is 36.4 Å². The molecule has 0 saturated heterocycles. The van der Waals surface area contributed by atoms with Crippen LogP contribution in [0.2, 0.25) is 0 Å². The van der Waals surface area contributed by atoms with Crippen LogP contribution in [-0.2, 0) is 22.7 Å². The van der Waals surface area contributed by atoms with Crippen molar-refractivity contribution in [3.8, 4) is 5.75 Å². The van der Waals surface area contributed by atoms with Crippen LogP contribution in [0.1, 0.15) is 11.1 Å². The molecular weight excluding hydrogens is 296 g/mol. The number of carbonyl (C=O) groups excluding carboxylic acids is 2. The van der Waals surface area contributed by atoms with Crippen molar-refractivity contribution in [1.82, 2.24) is 0 Å². The van der Waals surface area contributed by atoms with Gasteiger partial charge in [0.05, 0.1) is 12.2 Å². The summed E-state index contributed by atoms with van der Waals surface area (Å²) in [4.78, 5) is 24.5. The number of primary amides is 1. The smallest absolute Gasteiger partial charge is 0.404 e. The van der Waals surface area contributed by atoms with Crippen LogP contribution in [0.4, 0.5) is 10.5 Å². The van der Waals surface area contributed by atoms with Crippen molar-refractivity contribution in [3.63, 3.8) is 0 Å². The fraction of sp³-hybridized carbons (Fsp3) is 0.176. The molecule has 0 aromatic heterocycles. The van der Waals surface area contributed by atoms with Crippen LogP contribution in [0, 0.1) is 0 Å². The minimum absolute atomic E-state index is 0.0139. The second kappa shape index (κ2) is 6.39. The van der Waals surface area contributed by atoms with Gasteiger partial charge in [-0.3, -0.25) is 4.79 Å². The van der Waals surface area contributed by atoms with E-state index in [4.69, 9.17) is 15.2 Å². The number of rotatable bonds is 4. The number of ether oxygens (including phenoxy) is 2. The van der Waals surface area contributed by atoms with Crippen LogP contribution in [0.3, 0.4) is 0 Å². The second-order valence-electron chi connectivity index (χ2n) is 5.16. The molecule has 0 radical (unpaired) electrons. The average molecular weight is 312 g/mol. The van der Waals surface area contributed by atoms with Gasteiger partial charge in [-0.2, -0.15) is 0 Å². The van der Waals surface area contributed by atoms with Crippen molar-refractivity contribution in [2.24, 2.45) is 5.73 Å². The number of nitrogens with zero attached hydrogens (tertiary/aromatic N) is 1. The molecule has 118 valence electrons. The minimum atomic E-state index is -0.829. The maximum atomic E-state index is 12.2. The largest absolute Gasteiger partial charge is 0.482 e. The van der Waals surface area contributed by atoms with Gasteiger partial charge in [-0.05, 0) is 23.3 Å². The fourth-order valence-electron chi connectivity index (χ4n) is 2.43. The van der Waals surface area contributed by atoms with Crippen molar-refractivity contribution in [3.05, 3.63) is 59.7 Å². The van der Waals surface area contributed by atoms with Crippen LogP contribution >= 0.6 is 0 Å². The van der Waals surface area contributed by atoms with Crippen molar-refractivity contribution >= 4 is 17.7 Å². The lowest BCUT2D eigenvalue weighted by molar-refractivity contribution is -0.121. The third-order valence-electron chi connectivity index (χ3n) is 3.53. The van der Waals surface area contributed by atoms with Crippen LogP contribution < -0.4 is 15.4 Å². The van der Waals surface area contributed by atoms with Gasteiger partial charge >= 0.3 is 6.09 Å². The van der Waals surface area contributed by atoms with Crippen LogP contribution in [0.25, 0.3) is 0 Å². The normalized spacial score (nSPS) is 13.2. The molecule has 0 saturated carbocycles. The number of hydrogen-bond acceptors (Lipinski definition) is 4. The van der Waals surface area contributed by atoms with E-state index >= 15 is 0 Å². The van der Waals surface area contributed by atoms with E-state index in [9.17, 15) is 9.59 Å². The molecule has 23 heavy (non-hydrogen) atoms. The lowest BCUT2D eigenvalue weighted by Gasteiger charge is -2.29. The summed E-state index contributed by atoms with van der Waals surface area (Å²) < 4.78 is 10.3. The Bertz CT molecular complexity index is 731. The first kappa shape index (κ1) is 14.9. The molecule has 2 N–H and O–H groups in total. The molecule has 2 aromatic rings. The molecule has 1 heterocycles. The van der Waals surface area contributed by atoms with E-state index in [1.54, 1.807) is 23.1 Å². The molecular formula is C17H16N2O4. The fourth-order valence-corrected chi connectivity index (χ4v) is 2.43. The molecule has 3 rings (SSSR count). The lowest BCUT2D eigenvalue weighted by Crippen LogP contribution is -2.38. The third-order valence-corrected chi connectivity index (χ3v) is 3.53. The van der Waals surface area contributed by atoms with Crippen molar-refractivity contribution < 1.29 is 19.1 Å². The van der Waals surface area contributed by atoms with E-state index in [1.807, 2.05) is 30.3 Å². The Morgan fingerprint density at radius 1 is 1.17 bits per heavy atom. The zero-order valence-electron chi connectivity index (χ0n) is 12.4. The van der Waals surface area contributed by atoms with Gasteiger partial charge in [-0.15, -0.1) is 0 Å². The molecule has 2 aromatic carbocycles. The first-order valence-electron chi connectivity index (χ1n) is 7.16. The molecule has 0 fully saturated rings. The van der Waals surface area contributed by atoms with Crippen LogP contribution in [-0.4, -0.2) is 18.6 Å². The zero-order valence-corrected chi connectivity index (χ0v) is 12.4. The maximum Gasteiger partial charge on any atom is 0.404 e. The van der Waals surface area contributed by atoms with Crippen molar-refractivity contribution in [2.75, 3.05) is 11.5 Å². The molecule has 1 aliphatic rings. The molecule has 0 spiro atoms. The highest BCUT2D eigenvalue weighted by Gasteiger charge is 2.25. The van der Waals surface area contributed by atoms with E-state index < -0.39 is 6.09 Å². The topological polar surface area (TPSA) is 81.9 Å². The number of anilines is 1. The average Bonchev–Trinajstić information content (AvgIpc) is 2.56. The van der Waals surface area contributed by atoms with E-state index in [0.29, 0.717) is 18.0 Å². The first-order valence-corrected chi connectivity index (χ1v) is 7.16. The highest BCUT2D eigenvalue weighted by atomic mass is 16.5. The Labute approximate surface area is 133 Å². The molecule has 0 bridgehead atoms. The molecule has 1 aliphatic heterocycles. The highest BCUT2D eigenvalue weighted by molar-refractivity contribution is 5.97. The summed E-state index contributed by atoms with van der Waals surface area (Å²) in [5, 5.41) is 0. The quantitative estimate of drug-likeness (QED) is 0.938. The van der Waals surface area contributed by atoms with E-state index in [1.165, 1.54) is 0 Å². The van der Waals surface area contributed by atoms with E-state index in [-0.39, 0.29) is 19.1 Å². The number of benzene rings is 2. The van der Waals surface area contributed by atoms with Gasteiger partial charge in [0, 0.05) is 0 Å². The van der Waals surface area contributed by atoms with Crippen LogP contribution in [0.5, 0.6) is 5.75 Å². The predicted molar refractivity (Wildman–Crippen MR) is 83.9 cm³/mol. The van der Waals surface area contributed by atoms with Crippen molar-refractivity contribution in [2.45, 2.75) is 13.2 Å². The summed E-state index contributed by atoms with van der Waals surface area (Å²) in [7, 11) is 0. The number of fused-ring (bicyclic) bond motifs is 1. The Morgan fingerprint density at radius 2 is 1.96 bits per heavy atom. The lowest BCUT2D eigenvalue weighted by atomic mass is 10.1. The molecule has 2 amide bonds. The van der Waals surface area contributed by atoms with E-state index in [2.05, 4.69) is 0 Å². The van der Waals surface area contributed by atoms with Gasteiger partial charge < -0.3 is 20.1 Å². The highest BCUT2D eigenvalue weighted by Crippen LogP contribution is 2.34. The number of nitrogens with two attached hydrogens (primary N) is 1. The van der Waals surface area contributed by atoms with Crippen molar-refractivity contribution in [1.29, 1.82) is 0 Å². The van der Waals surface area contributed by atoms with Gasteiger partial charge in [0.15, 0.2) is 6.61 Å². The number of hydrogen-bond donors (Lipinski definition) is 1. The molecule has 0 aliphatic carbocycles. The first-order chi connectivity index (χ1) is 11.1. The number of carbonyl (C=O) groups is 2. The van der Waals surface area contributed by atoms with E-state index in [0.717, 1.165) is 11.1 Å². The summed E-state index contributed by atoms with van der Waals surface area (Å²) in [5.41, 5.74) is 7.44. The number of amides is 2. The Kier molecular flexibility index (Phi) is 4.14. The predicted octanol–water partition coefficient (Wildman–Crippen LogP) is 2.21. The molecule has 0 atom stereocenters. The Balaban J connectivity index is 1.83. The van der Waals surface area contributed by atoms with Gasteiger partial charge in [-0.25, -0.2) is 4.79 Å². The SMILES string of the molecule is NC(=O)OCc1ccc2c(c1)OCC(=O)N2Cc1ccccc1. The Hall–Kier alpha value is -3.02. The summed E-state index contributed by atoms with van der Waals surface area (Å²) in [6.45, 7) is 0.533. The van der Waals surface area contributed by atoms with Crippen LogP contribution in [0.15, 0.2) is 48.5 Å². The maximum absolute atomic E-state index is 12.2. The second-order valence-corrected chi connectivity index (χ2v) is 5.16. The summed E-state index contributed by atoms with van der Waals surface area (Å²) in [5.74, 6) is 0.494. The molecule has 6 heteroatoms. The van der Waals surface area contributed by atoms with Gasteiger partial charge in [0.25, 0.3) is 5.91 Å². The third kappa shape index (κ3) is 3.42. The zero-order chi connectivity index (χ0) is 16.2. The van der Waals surface area contributed by atoms with Gasteiger partial charge in [0.2, 0.25) is 0 Å². The monoisotopic (exact) mass is 312 g/mol. The summed E-state index contributed by atoms with van der Waals surface area (Å²) in [6.07, 6.45) is -0.829. The standard InChI is InChI=1S/C17H16N2O4/c18-17(21)23-10-13-6-7-14-15(8-13)22-11-16(20)19(14)9-12-4-2-1-3-5-12/h1-8H,9-11H2,(H2,18,21). The molecule has 0 unspecified atom stereocenters. The summed E-state index contributed by atoms with van der Waals surface area (Å²) >= 11 is 0. The Morgan fingerprint density at radius 3 is 2.70 bits per heavy atom. The minimum Gasteiger partial charge on any atom is -0.482 e. The van der Waals surface area contributed by atoms with Gasteiger partial charge in [0.1, 0.15) is 12.4 Å².